The van der Waals surface area contributed by atoms with Crippen molar-refractivity contribution in [2.75, 3.05) is 11.9 Å². The van der Waals surface area contributed by atoms with Crippen molar-refractivity contribution in [3.8, 4) is 0 Å². The zero-order chi connectivity index (χ0) is 12.3. The molecule has 0 fully saturated rings. The summed E-state index contributed by atoms with van der Waals surface area (Å²) in [5.41, 5.74) is 1.87. The van der Waals surface area contributed by atoms with E-state index >= 15 is 0 Å². The molecule has 0 N–H and O–H groups in total. The lowest BCUT2D eigenvalue weighted by molar-refractivity contribution is 0.0502. The Hall–Kier alpha value is -1.51. The normalized spacial score (nSPS) is 11.1. The van der Waals surface area contributed by atoms with Gasteiger partial charge in [-0.2, -0.15) is 0 Å². The number of rotatable bonds is 3. The maximum Gasteiger partial charge on any atom is 0.186 e. The molecular formula is C13H20N2O. The first kappa shape index (κ1) is 12.6. The van der Waals surface area contributed by atoms with Crippen molar-refractivity contribution >= 4 is 5.69 Å². The van der Waals surface area contributed by atoms with E-state index in [2.05, 4.69) is 11.6 Å². The van der Waals surface area contributed by atoms with Gasteiger partial charge in [-0.05, 0) is 45.9 Å². The van der Waals surface area contributed by atoms with E-state index in [-0.39, 0.29) is 5.60 Å². The van der Waals surface area contributed by atoms with Crippen molar-refractivity contribution in [1.29, 1.82) is 0 Å². The summed E-state index contributed by atoms with van der Waals surface area (Å²) in [5, 5.41) is 0. The molecule has 1 rings (SSSR count). The van der Waals surface area contributed by atoms with Gasteiger partial charge in [-0.1, -0.05) is 0 Å². The van der Waals surface area contributed by atoms with Crippen LogP contribution in [0.25, 0.3) is 0 Å². The standard InChI is InChI=1S/C13H20N2O/c1-10-7-12(9-14-8-10)15(6)11(2)16-13(3,4)5/h7-9H,2H2,1,3-6H3. The lowest BCUT2D eigenvalue weighted by Gasteiger charge is -2.28. The SMILES string of the molecule is C=C(OC(C)(C)C)N(C)c1cncc(C)c1. The van der Waals surface area contributed by atoms with Crippen molar-refractivity contribution in [1.82, 2.24) is 4.98 Å². The van der Waals surface area contributed by atoms with E-state index in [0.717, 1.165) is 11.3 Å². The minimum Gasteiger partial charge on any atom is -0.474 e. The second-order valence-electron chi connectivity index (χ2n) is 4.89. The fraction of sp³-hybridized carbons (Fsp3) is 0.462. The van der Waals surface area contributed by atoms with Crippen molar-refractivity contribution < 1.29 is 4.74 Å². The van der Waals surface area contributed by atoms with E-state index in [1.165, 1.54) is 0 Å². The fourth-order valence-electron chi connectivity index (χ4n) is 1.29. The first-order valence-corrected chi connectivity index (χ1v) is 5.33. The number of hydrogen-bond acceptors (Lipinski definition) is 3. The van der Waals surface area contributed by atoms with Crippen LogP contribution in [0.3, 0.4) is 0 Å². The zero-order valence-corrected chi connectivity index (χ0v) is 10.7. The van der Waals surface area contributed by atoms with Gasteiger partial charge >= 0.3 is 0 Å². The van der Waals surface area contributed by atoms with Gasteiger partial charge in [0, 0.05) is 13.2 Å². The summed E-state index contributed by atoms with van der Waals surface area (Å²) in [6.07, 6.45) is 3.62. The van der Waals surface area contributed by atoms with Crippen LogP contribution >= 0.6 is 0 Å². The second-order valence-corrected chi connectivity index (χ2v) is 4.89. The van der Waals surface area contributed by atoms with Crippen LogP contribution in [-0.4, -0.2) is 17.6 Å². The molecule has 0 aliphatic rings. The minimum atomic E-state index is -0.234. The van der Waals surface area contributed by atoms with Gasteiger partial charge in [0.25, 0.3) is 0 Å². The minimum absolute atomic E-state index is 0.234. The Balaban J connectivity index is 2.78. The molecule has 16 heavy (non-hydrogen) atoms. The highest BCUT2D eigenvalue weighted by atomic mass is 16.5. The second kappa shape index (κ2) is 4.56. The summed E-state index contributed by atoms with van der Waals surface area (Å²) in [5.74, 6) is 0.625. The maximum atomic E-state index is 5.70. The largest absolute Gasteiger partial charge is 0.474 e. The summed E-state index contributed by atoms with van der Waals surface area (Å²) >= 11 is 0. The van der Waals surface area contributed by atoms with Crippen molar-refractivity contribution in [2.24, 2.45) is 0 Å². The molecule has 0 unspecified atom stereocenters. The molecule has 1 aromatic rings. The van der Waals surface area contributed by atoms with Gasteiger partial charge in [-0.15, -0.1) is 0 Å². The molecule has 88 valence electrons. The summed E-state index contributed by atoms with van der Waals surface area (Å²) < 4.78 is 5.70. The van der Waals surface area contributed by atoms with E-state index < -0.39 is 0 Å². The van der Waals surface area contributed by atoms with Crippen LogP contribution in [0.2, 0.25) is 0 Å². The van der Waals surface area contributed by atoms with Gasteiger partial charge in [-0.3, -0.25) is 4.98 Å². The Bertz CT molecular complexity index is 380. The van der Waals surface area contributed by atoms with Gasteiger partial charge < -0.3 is 9.64 Å². The van der Waals surface area contributed by atoms with Crippen LogP contribution in [0, 0.1) is 6.92 Å². The molecule has 0 aromatic carbocycles. The molecule has 1 aromatic heterocycles. The van der Waals surface area contributed by atoms with Crippen LogP contribution in [0.15, 0.2) is 30.9 Å². The molecule has 0 bridgehead atoms. The smallest absolute Gasteiger partial charge is 0.186 e. The van der Waals surface area contributed by atoms with E-state index in [1.54, 1.807) is 6.20 Å². The molecule has 0 aliphatic heterocycles. The number of ether oxygens (including phenoxy) is 1. The molecule has 3 heteroatoms. The highest BCUT2D eigenvalue weighted by molar-refractivity contribution is 5.48. The van der Waals surface area contributed by atoms with Gasteiger partial charge in [0.2, 0.25) is 0 Å². The number of hydrogen-bond donors (Lipinski definition) is 0. The molecule has 0 saturated carbocycles. The van der Waals surface area contributed by atoms with Crippen LogP contribution < -0.4 is 4.90 Å². The fourth-order valence-corrected chi connectivity index (χ4v) is 1.29. The molecule has 0 amide bonds. The van der Waals surface area contributed by atoms with Crippen molar-refractivity contribution in [3.63, 3.8) is 0 Å². The average Bonchev–Trinajstić information content (AvgIpc) is 2.14. The van der Waals surface area contributed by atoms with Crippen molar-refractivity contribution in [2.45, 2.75) is 33.3 Å². The van der Waals surface area contributed by atoms with Gasteiger partial charge in [0.15, 0.2) is 5.88 Å². The van der Waals surface area contributed by atoms with Crippen LogP contribution in [0.5, 0.6) is 0 Å². The quantitative estimate of drug-likeness (QED) is 0.732. The molecule has 0 aliphatic carbocycles. The lowest BCUT2D eigenvalue weighted by Crippen LogP contribution is -2.26. The molecular weight excluding hydrogens is 200 g/mol. The third-order valence-electron chi connectivity index (χ3n) is 2.05. The van der Waals surface area contributed by atoms with E-state index in [4.69, 9.17) is 4.74 Å². The third kappa shape index (κ3) is 3.57. The monoisotopic (exact) mass is 220 g/mol. The van der Waals surface area contributed by atoms with Crippen LogP contribution in [0.1, 0.15) is 26.3 Å². The van der Waals surface area contributed by atoms with Crippen LogP contribution in [-0.2, 0) is 4.74 Å². The third-order valence-corrected chi connectivity index (χ3v) is 2.05. The molecule has 0 radical (unpaired) electrons. The lowest BCUT2D eigenvalue weighted by atomic mass is 10.2. The molecule has 3 nitrogen and oxygen atoms in total. The van der Waals surface area contributed by atoms with Crippen molar-refractivity contribution in [3.05, 3.63) is 36.5 Å². The summed E-state index contributed by atoms with van der Waals surface area (Å²) in [6.45, 7) is 11.9. The summed E-state index contributed by atoms with van der Waals surface area (Å²) in [4.78, 5) is 6.04. The Morgan fingerprint density at radius 2 is 2.00 bits per heavy atom. The van der Waals surface area contributed by atoms with Gasteiger partial charge in [-0.25, -0.2) is 0 Å². The Morgan fingerprint density at radius 1 is 1.38 bits per heavy atom. The first-order chi connectivity index (χ1) is 7.29. The number of nitrogens with zero attached hydrogens (tertiary/aromatic N) is 2. The zero-order valence-electron chi connectivity index (χ0n) is 10.7. The number of aromatic nitrogens is 1. The van der Waals surface area contributed by atoms with Gasteiger partial charge in [0.1, 0.15) is 5.60 Å². The Kier molecular flexibility index (Phi) is 3.58. The van der Waals surface area contributed by atoms with E-state index in [0.29, 0.717) is 5.88 Å². The average molecular weight is 220 g/mol. The maximum absolute atomic E-state index is 5.70. The molecule has 1 heterocycles. The summed E-state index contributed by atoms with van der Waals surface area (Å²) in [6, 6.07) is 2.05. The van der Waals surface area contributed by atoms with E-state index in [1.807, 2.05) is 51.9 Å². The highest BCUT2D eigenvalue weighted by Crippen LogP contribution is 2.20. The van der Waals surface area contributed by atoms with E-state index in [9.17, 15) is 0 Å². The summed E-state index contributed by atoms with van der Waals surface area (Å²) in [7, 11) is 1.92. The van der Waals surface area contributed by atoms with Crippen LogP contribution in [0.4, 0.5) is 5.69 Å². The molecule has 0 spiro atoms. The molecule has 0 saturated heterocycles. The Morgan fingerprint density at radius 3 is 2.50 bits per heavy atom. The first-order valence-electron chi connectivity index (χ1n) is 5.33. The Labute approximate surface area is 97.8 Å². The topological polar surface area (TPSA) is 25.4 Å². The number of pyridine rings is 1. The number of anilines is 1. The molecule has 0 atom stereocenters. The number of aryl methyl sites for hydroxylation is 1. The highest BCUT2D eigenvalue weighted by Gasteiger charge is 2.15. The van der Waals surface area contributed by atoms with Gasteiger partial charge in [0.05, 0.1) is 11.9 Å². The predicted octanol–water partition coefficient (Wildman–Crippen LogP) is 3.11. The predicted molar refractivity (Wildman–Crippen MR) is 67.4 cm³/mol.